The van der Waals surface area contributed by atoms with Gasteiger partial charge in [-0.2, -0.15) is 0 Å². The minimum absolute atomic E-state index is 0.167. The molecule has 0 aliphatic rings. The monoisotopic (exact) mass is 184 g/mol. The van der Waals surface area contributed by atoms with Gasteiger partial charge in [0.05, 0.1) is 0 Å². The predicted molar refractivity (Wildman–Crippen MR) is 52.4 cm³/mol. The molecule has 1 rings (SSSR count). The number of carbonyl (C=O) groups is 1. The van der Waals surface area contributed by atoms with E-state index in [0.29, 0.717) is 5.88 Å². The number of alkyl halides is 1. The van der Waals surface area contributed by atoms with E-state index in [0.717, 1.165) is 0 Å². The van der Waals surface area contributed by atoms with E-state index in [9.17, 15) is 4.79 Å². The van der Waals surface area contributed by atoms with Crippen LogP contribution in [0.25, 0.3) is 0 Å². The summed E-state index contributed by atoms with van der Waals surface area (Å²) in [5.41, 5.74) is 1.18. The summed E-state index contributed by atoms with van der Waals surface area (Å²) in [5, 5.41) is 0. The van der Waals surface area contributed by atoms with Gasteiger partial charge in [0, 0.05) is 5.88 Å². The molecule has 0 N–H and O–H groups in total. The Morgan fingerprint density at radius 2 is 1.67 bits per heavy atom. The second-order valence-electron chi connectivity index (χ2n) is 2.53. The van der Waals surface area contributed by atoms with Gasteiger partial charge in [-0.1, -0.05) is 30.3 Å². The fraction of sp³-hybridized carbons (Fsp3) is 0.300. The van der Waals surface area contributed by atoms with Gasteiger partial charge in [-0.3, -0.25) is 0 Å². The average molecular weight is 185 g/mol. The molecule has 0 unspecified atom stereocenters. The first-order valence-electron chi connectivity index (χ1n) is 3.74. The highest BCUT2D eigenvalue weighted by molar-refractivity contribution is 6.17. The number of ketones is 1. The predicted octanol–water partition coefficient (Wildman–Crippen LogP) is 3.02. The summed E-state index contributed by atoms with van der Waals surface area (Å²) in [5.74, 6) is 0.779. The highest BCUT2D eigenvalue weighted by atomic mass is 35.5. The first-order chi connectivity index (χ1) is 5.66. The Morgan fingerprint density at radius 3 is 1.92 bits per heavy atom. The molecule has 2 heteroatoms. The Labute approximate surface area is 78.4 Å². The van der Waals surface area contributed by atoms with E-state index in [2.05, 4.69) is 0 Å². The van der Waals surface area contributed by atoms with Gasteiger partial charge in [0.2, 0.25) is 0 Å². The van der Waals surface area contributed by atoms with Crippen LogP contribution in [0.5, 0.6) is 0 Å². The molecule has 0 saturated carbocycles. The Bertz CT molecular complexity index is 215. The lowest BCUT2D eigenvalue weighted by molar-refractivity contribution is -0.114. The first kappa shape index (κ1) is 11.2. The standard InChI is InChI=1S/C7H7Cl.C3H6O/c8-6-7-4-2-1-3-5-7;1-3(2)4/h1-5H,6H2;1-2H3. The molecule has 12 heavy (non-hydrogen) atoms. The van der Waals surface area contributed by atoms with Crippen molar-refractivity contribution in [1.82, 2.24) is 0 Å². The zero-order chi connectivity index (χ0) is 9.40. The van der Waals surface area contributed by atoms with Crippen LogP contribution >= 0.6 is 11.6 Å². The molecule has 0 fully saturated rings. The highest BCUT2D eigenvalue weighted by Gasteiger charge is 1.81. The molecular weight excluding hydrogens is 172 g/mol. The minimum atomic E-state index is 0.167. The zero-order valence-electron chi connectivity index (χ0n) is 7.38. The highest BCUT2D eigenvalue weighted by Crippen LogP contribution is 2.00. The summed E-state index contributed by atoms with van der Waals surface area (Å²) >= 11 is 5.53. The van der Waals surface area contributed by atoms with Crippen LogP contribution in [0, 0.1) is 0 Å². The van der Waals surface area contributed by atoms with Gasteiger partial charge >= 0.3 is 0 Å². The Balaban J connectivity index is 0.000000261. The number of rotatable bonds is 1. The summed E-state index contributed by atoms with van der Waals surface area (Å²) in [6.07, 6.45) is 0. The molecule has 0 aliphatic carbocycles. The SMILES string of the molecule is CC(C)=O.ClCc1ccccc1. The Kier molecular flexibility index (Phi) is 6.39. The van der Waals surface area contributed by atoms with Gasteiger partial charge < -0.3 is 4.79 Å². The molecule has 0 amide bonds. The van der Waals surface area contributed by atoms with Crippen LogP contribution < -0.4 is 0 Å². The zero-order valence-corrected chi connectivity index (χ0v) is 8.14. The number of carbonyl (C=O) groups excluding carboxylic acids is 1. The molecule has 1 aromatic rings. The summed E-state index contributed by atoms with van der Waals surface area (Å²) in [6, 6.07) is 9.96. The molecule has 0 bridgehead atoms. The lowest BCUT2D eigenvalue weighted by Gasteiger charge is -1.88. The third-order valence-electron chi connectivity index (χ3n) is 0.997. The Morgan fingerprint density at radius 1 is 1.25 bits per heavy atom. The summed E-state index contributed by atoms with van der Waals surface area (Å²) in [4.78, 5) is 9.44. The third kappa shape index (κ3) is 7.29. The van der Waals surface area contributed by atoms with Gasteiger partial charge in [0.1, 0.15) is 5.78 Å². The number of benzene rings is 1. The van der Waals surface area contributed by atoms with Crippen LogP contribution in [-0.4, -0.2) is 5.78 Å². The number of halogens is 1. The lowest BCUT2D eigenvalue weighted by atomic mass is 10.2. The topological polar surface area (TPSA) is 17.1 Å². The Hall–Kier alpha value is -0.820. The van der Waals surface area contributed by atoms with Crippen LogP contribution in [0.4, 0.5) is 0 Å². The molecule has 66 valence electrons. The van der Waals surface area contributed by atoms with Crippen LogP contribution in [-0.2, 0) is 10.7 Å². The maximum atomic E-state index is 9.44. The molecule has 0 aromatic heterocycles. The van der Waals surface area contributed by atoms with Crippen molar-refractivity contribution in [2.24, 2.45) is 0 Å². The molecule has 0 radical (unpaired) electrons. The summed E-state index contributed by atoms with van der Waals surface area (Å²) in [6.45, 7) is 3.06. The van der Waals surface area contributed by atoms with E-state index < -0.39 is 0 Å². The normalized spacial score (nSPS) is 8.25. The fourth-order valence-corrected chi connectivity index (χ4v) is 0.745. The molecule has 0 heterocycles. The van der Waals surface area contributed by atoms with Crippen molar-refractivity contribution in [2.45, 2.75) is 19.7 Å². The van der Waals surface area contributed by atoms with E-state index in [4.69, 9.17) is 11.6 Å². The smallest absolute Gasteiger partial charge is 0.126 e. The van der Waals surface area contributed by atoms with E-state index in [1.165, 1.54) is 19.4 Å². The van der Waals surface area contributed by atoms with Gasteiger partial charge in [-0.05, 0) is 19.4 Å². The number of Topliss-reactive ketones (excluding diaryl/α,β-unsaturated/α-hetero) is 1. The summed E-state index contributed by atoms with van der Waals surface area (Å²) < 4.78 is 0. The average Bonchev–Trinajstić information content (AvgIpc) is 2.05. The van der Waals surface area contributed by atoms with Crippen molar-refractivity contribution in [3.63, 3.8) is 0 Å². The van der Waals surface area contributed by atoms with Crippen molar-refractivity contribution in [3.8, 4) is 0 Å². The van der Waals surface area contributed by atoms with E-state index in [1.54, 1.807) is 0 Å². The second kappa shape index (κ2) is 6.86. The quantitative estimate of drug-likeness (QED) is 0.614. The minimum Gasteiger partial charge on any atom is -0.300 e. The molecule has 1 nitrogen and oxygen atoms in total. The van der Waals surface area contributed by atoms with Gasteiger partial charge in [-0.15, -0.1) is 11.6 Å². The van der Waals surface area contributed by atoms with Crippen molar-refractivity contribution >= 4 is 17.4 Å². The van der Waals surface area contributed by atoms with Crippen molar-refractivity contribution in [1.29, 1.82) is 0 Å². The molecule has 1 aromatic carbocycles. The third-order valence-corrected chi connectivity index (χ3v) is 1.31. The van der Waals surface area contributed by atoms with Crippen LogP contribution in [0.3, 0.4) is 0 Å². The second-order valence-corrected chi connectivity index (χ2v) is 2.79. The van der Waals surface area contributed by atoms with Gasteiger partial charge in [0.15, 0.2) is 0 Å². The van der Waals surface area contributed by atoms with Crippen molar-refractivity contribution in [3.05, 3.63) is 35.9 Å². The molecular formula is C10H13ClO. The lowest BCUT2D eigenvalue weighted by Crippen LogP contribution is -1.71. The van der Waals surface area contributed by atoms with E-state index in [-0.39, 0.29) is 5.78 Å². The van der Waals surface area contributed by atoms with Crippen molar-refractivity contribution in [2.75, 3.05) is 0 Å². The maximum Gasteiger partial charge on any atom is 0.126 e. The van der Waals surface area contributed by atoms with Crippen LogP contribution in [0.2, 0.25) is 0 Å². The van der Waals surface area contributed by atoms with E-state index in [1.807, 2.05) is 30.3 Å². The van der Waals surface area contributed by atoms with E-state index >= 15 is 0 Å². The molecule has 0 atom stereocenters. The van der Waals surface area contributed by atoms with Gasteiger partial charge in [0.25, 0.3) is 0 Å². The van der Waals surface area contributed by atoms with Crippen LogP contribution in [0.15, 0.2) is 30.3 Å². The first-order valence-corrected chi connectivity index (χ1v) is 4.27. The van der Waals surface area contributed by atoms with Crippen molar-refractivity contribution < 1.29 is 4.79 Å². The largest absolute Gasteiger partial charge is 0.300 e. The molecule has 0 saturated heterocycles. The fourth-order valence-electron chi connectivity index (χ4n) is 0.567. The summed E-state index contributed by atoms with van der Waals surface area (Å²) in [7, 11) is 0. The number of hydrogen-bond acceptors (Lipinski definition) is 1. The van der Waals surface area contributed by atoms with Crippen LogP contribution in [0.1, 0.15) is 19.4 Å². The van der Waals surface area contributed by atoms with Gasteiger partial charge in [-0.25, -0.2) is 0 Å². The molecule has 0 spiro atoms. The molecule has 0 aliphatic heterocycles. The number of hydrogen-bond donors (Lipinski definition) is 0. The maximum absolute atomic E-state index is 9.44.